The third kappa shape index (κ3) is 3.44. The summed E-state index contributed by atoms with van der Waals surface area (Å²) in [4.78, 5) is 25.6. The molecule has 0 saturated heterocycles. The summed E-state index contributed by atoms with van der Waals surface area (Å²) in [6.07, 6.45) is 4.21. The van der Waals surface area contributed by atoms with Crippen LogP contribution in [0.3, 0.4) is 0 Å². The first-order valence-electron chi connectivity index (χ1n) is 7.66. The topological polar surface area (TPSA) is 62.5 Å². The first-order valence-corrected chi connectivity index (χ1v) is 7.66. The first kappa shape index (κ1) is 16.8. The number of aromatic nitrogens is 1. The second kappa shape index (κ2) is 6.69. The molecule has 2 aromatic rings. The van der Waals surface area contributed by atoms with Crippen molar-refractivity contribution in [1.82, 2.24) is 9.47 Å². The van der Waals surface area contributed by atoms with Gasteiger partial charge in [-0.2, -0.15) is 0 Å². The van der Waals surface area contributed by atoms with E-state index in [1.165, 1.54) is 6.20 Å². The van der Waals surface area contributed by atoms with Crippen LogP contribution in [0.15, 0.2) is 36.5 Å². The van der Waals surface area contributed by atoms with Crippen molar-refractivity contribution >= 4 is 29.0 Å². The lowest BCUT2D eigenvalue weighted by molar-refractivity contribution is -0.131. The lowest BCUT2D eigenvalue weighted by Crippen LogP contribution is -2.42. The Bertz CT molecular complexity index is 749. The van der Waals surface area contributed by atoms with Gasteiger partial charge in [-0.3, -0.25) is 4.79 Å². The lowest BCUT2D eigenvalue weighted by atomic mass is 10.1. The number of amides is 1. The Morgan fingerprint density at radius 2 is 1.74 bits per heavy atom. The third-order valence-corrected chi connectivity index (χ3v) is 3.70. The van der Waals surface area contributed by atoms with Crippen LogP contribution in [-0.2, 0) is 4.79 Å². The zero-order valence-electron chi connectivity index (χ0n) is 13.9. The second-order valence-corrected chi connectivity index (χ2v) is 6.02. The SMILES string of the molecule is CC(C)N(C(=O)c1cn(/C=C/C(=O)O)c2ccccc12)C(C)C. The molecule has 1 aromatic heterocycles. The van der Waals surface area contributed by atoms with Crippen molar-refractivity contribution in [2.45, 2.75) is 39.8 Å². The molecule has 23 heavy (non-hydrogen) atoms. The molecule has 0 aliphatic heterocycles. The van der Waals surface area contributed by atoms with Gasteiger partial charge in [-0.25, -0.2) is 4.79 Å². The van der Waals surface area contributed by atoms with Crippen LogP contribution in [0.25, 0.3) is 17.1 Å². The summed E-state index contributed by atoms with van der Waals surface area (Å²) in [7, 11) is 0. The van der Waals surface area contributed by atoms with Gasteiger partial charge in [-0.1, -0.05) is 18.2 Å². The molecule has 0 fully saturated rings. The molecule has 5 heteroatoms. The number of fused-ring (bicyclic) bond motifs is 1. The summed E-state index contributed by atoms with van der Waals surface area (Å²) in [5, 5.41) is 9.64. The number of carboxylic acid groups (broad SMARTS) is 1. The molecule has 0 aliphatic carbocycles. The minimum atomic E-state index is -1.03. The van der Waals surface area contributed by atoms with E-state index in [1.807, 2.05) is 56.9 Å². The van der Waals surface area contributed by atoms with Crippen LogP contribution in [0.4, 0.5) is 0 Å². The summed E-state index contributed by atoms with van der Waals surface area (Å²) < 4.78 is 1.68. The molecule has 5 nitrogen and oxygen atoms in total. The molecule has 0 bridgehead atoms. The number of benzene rings is 1. The fraction of sp³-hybridized carbons (Fsp3) is 0.333. The van der Waals surface area contributed by atoms with Gasteiger partial charge in [0.2, 0.25) is 0 Å². The smallest absolute Gasteiger partial charge is 0.329 e. The molecule has 0 spiro atoms. The summed E-state index contributed by atoms with van der Waals surface area (Å²) >= 11 is 0. The van der Waals surface area contributed by atoms with Gasteiger partial charge in [0.15, 0.2) is 0 Å². The van der Waals surface area contributed by atoms with E-state index in [-0.39, 0.29) is 18.0 Å². The van der Waals surface area contributed by atoms with Crippen molar-refractivity contribution in [2.24, 2.45) is 0 Å². The number of aliphatic carboxylic acids is 1. The molecule has 2 rings (SSSR count). The van der Waals surface area contributed by atoms with Crippen LogP contribution in [0.5, 0.6) is 0 Å². The molecule has 1 aromatic carbocycles. The average Bonchev–Trinajstić information content (AvgIpc) is 2.83. The maximum absolute atomic E-state index is 13.0. The van der Waals surface area contributed by atoms with E-state index in [9.17, 15) is 9.59 Å². The molecular weight excluding hydrogens is 292 g/mol. The Hall–Kier alpha value is -2.56. The van der Waals surface area contributed by atoms with E-state index in [1.54, 1.807) is 10.8 Å². The minimum absolute atomic E-state index is 0.0475. The molecule has 0 unspecified atom stereocenters. The highest BCUT2D eigenvalue weighted by molar-refractivity contribution is 6.07. The molecule has 1 amide bonds. The maximum Gasteiger partial charge on any atom is 0.329 e. The van der Waals surface area contributed by atoms with Gasteiger partial charge >= 0.3 is 5.97 Å². The molecule has 122 valence electrons. The normalized spacial score (nSPS) is 11.7. The van der Waals surface area contributed by atoms with Gasteiger partial charge in [-0.15, -0.1) is 0 Å². The first-order chi connectivity index (χ1) is 10.8. The molecule has 1 heterocycles. The van der Waals surface area contributed by atoms with E-state index < -0.39 is 5.97 Å². The van der Waals surface area contributed by atoms with Crippen LogP contribution in [0.1, 0.15) is 38.1 Å². The number of carbonyl (C=O) groups is 2. The Morgan fingerprint density at radius 1 is 1.13 bits per heavy atom. The molecule has 0 saturated carbocycles. The number of nitrogens with zero attached hydrogens (tertiary/aromatic N) is 2. The van der Waals surface area contributed by atoms with Crippen molar-refractivity contribution < 1.29 is 14.7 Å². The quantitative estimate of drug-likeness (QED) is 0.860. The predicted molar refractivity (Wildman–Crippen MR) is 91.3 cm³/mol. The zero-order chi connectivity index (χ0) is 17.1. The maximum atomic E-state index is 13.0. The third-order valence-electron chi connectivity index (χ3n) is 3.70. The lowest BCUT2D eigenvalue weighted by Gasteiger charge is -2.30. The zero-order valence-corrected chi connectivity index (χ0v) is 13.9. The molecule has 0 atom stereocenters. The standard InChI is InChI=1S/C18H22N2O3/c1-12(2)20(13(3)4)18(23)15-11-19(10-9-17(21)22)16-8-6-5-7-14(15)16/h5-13H,1-4H3,(H,21,22)/b10-9+. The Labute approximate surface area is 135 Å². The highest BCUT2D eigenvalue weighted by Crippen LogP contribution is 2.24. The van der Waals surface area contributed by atoms with Gasteiger partial charge in [0.1, 0.15) is 0 Å². The van der Waals surface area contributed by atoms with E-state index in [4.69, 9.17) is 5.11 Å². The molecule has 0 aliphatic rings. The molecular formula is C18H22N2O3. The fourth-order valence-electron chi connectivity index (χ4n) is 2.85. The van der Waals surface area contributed by atoms with Crippen LogP contribution < -0.4 is 0 Å². The van der Waals surface area contributed by atoms with Crippen molar-refractivity contribution in [2.75, 3.05) is 0 Å². The van der Waals surface area contributed by atoms with E-state index in [0.29, 0.717) is 5.56 Å². The fourth-order valence-corrected chi connectivity index (χ4v) is 2.85. The number of carbonyl (C=O) groups excluding carboxylic acids is 1. The Morgan fingerprint density at radius 3 is 2.30 bits per heavy atom. The van der Waals surface area contributed by atoms with Crippen LogP contribution >= 0.6 is 0 Å². The number of para-hydroxylation sites is 1. The predicted octanol–water partition coefficient (Wildman–Crippen LogP) is 3.46. The van der Waals surface area contributed by atoms with E-state index in [2.05, 4.69) is 0 Å². The number of hydrogen-bond donors (Lipinski definition) is 1. The Balaban J connectivity index is 2.57. The van der Waals surface area contributed by atoms with Gasteiger partial charge < -0.3 is 14.6 Å². The summed E-state index contributed by atoms with van der Waals surface area (Å²) in [5.41, 5.74) is 1.39. The van der Waals surface area contributed by atoms with Crippen LogP contribution in [-0.4, -0.2) is 38.5 Å². The molecule has 0 radical (unpaired) electrons. The highest BCUT2D eigenvalue weighted by atomic mass is 16.4. The van der Waals surface area contributed by atoms with E-state index in [0.717, 1.165) is 17.0 Å². The number of carboxylic acids is 1. The van der Waals surface area contributed by atoms with Crippen molar-refractivity contribution in [3.63, 3.8) is 0 Å². The molecule has 1 N–H and O–H groups in total. The van der Waals surface area contributed by atoms with Gasteiger partial charge in [0.25, 0.3) is 5.91 Å². The number of hydrogen-bond acceptors (Lipinski definition) is 2. The van der Waals surface area contributed by atoms with Crippen LogP contribution in [0.2, 0.25) is 0 Å². The van der Waals surface area contributed by atoms with Gasteiger partial charge in [-0.05, 0) is 33.8 Å². The summed E-state index contributed by atoms with van der Waals surface area (Å²) in [6.45, 7) is 7.95. The largest absolute Gasteiger partial charge is 0.478 e. The van der Waals surface area contributed by atoms with Crippen molar-refractivity contribution in [1.29, 1.82) is 0 Å². The van der Waals surface area contributed by atoms with Gasteiger partial charge in [0.05, 0.1) is 11.1 Å². The van der Waals surface area contributed by atoms with Crippen LogP contribution in [0, 0.1) is 0 Å². The Kier molecular flexibility index (Phi) is 4.89. The highest BCUT2D eigenvalue weighted by Gasteiger charge is 2.24. The second-order valence-electron chi connectivity index (χ2n) is 6.02. The monoisotopic (exact) mass is 314 g/mol. The average molecular weight is 314 g/mol. The summed E-state index contributed by atoms with van der Waals surface area (Å²) in [5.74, 6) is -1.07. The van der Waals surface area contributed by atoms with Crippen molar-refractivity contribution in [3.8, 4) is 0 Å². The van der Waals surface area contributed by atoms with E-state index >= 15 is 0 Å². The number of rotatable bonds is 5. The van der Waals surface area contributed by atoms with Gasteiger partial charge in [0, 0.05) is 35.9 Å². The summed E-state index contributed by atoms with van der Waals surface area (Å²) in [6, 6.07) is 7.65. The minimum Gasteiger partial charge on any atom is -0.478 e. The van der Waals surface area contributed by atoms with Crippen molar-refractivity contribution in [3.05, 3.63) is 42.1 Å².